The molecule has 2 aromatic carbocycles. The molecule has 23 heavy (non-hydrogen) atoms. The van der Waals surface area contributed by atoms with Gasteiger partial charge in [0, 0.05) is 10.5 Å². The Kier molecular flexibility index (Phi) is 8.49. The number of halogens is 2. The second-order valence-corrected chi connectivity index (χ2v) is 4.78. The minimum Gasteiger partial charge on any atom is -0.507 e. The third-order valence-corrected chi connectivity index (χ3v) is 2.91. The third-order valence-electron chi connectivity index (χ3n) is 2.41. The number of aromatic hydroxyl groups is 1. The number of nitro groups is 1. The van der Waals surface area contributed by atoms with E-state index in [1.54, 1.807) is 6.07 Å². The Bertz CT molecular complexity index is 693. The van der Waals surface area contributed by atoms with Gasteiger partial charge in [0.25, 0.3) is 0 Å². The minimum atomic E-state index is -0.799. The van der Waals surface area contributed by atoms with Crippen molar-refractivity contribution in [2.75, 3.05) is 7.11 Å². The Morgan fingerprint density at radius 3 is 2.39 bits per heavy atom. The van der Waals surface area contributed by atoms with Gasteiger partial charge in [0.15, 0.2) is 0 Å². The molecule has 2 rings (SSSR count). The lowest BCUT2D eigenvalue weighted by Gasteiger charge is -2.01. The quantitative estimate of drug-likeness (QED) is 0.470. The number of carbonyl (C=O) groups excluding carboxylic acids is 1. The number of esters is 1. The van der Waals surface area contributed by atoms with Crippen LogP contribution in [0.25, 0.3) is 0 Å². The van der Waals surface area contributed by atoms with Crippen molar-refractivity contribution in [1.29, 1.82) is 0 Å². The molecule has 0 unspecified atom stereocenters. The van der Waals surface area contributed by atoms with Crippen molar-refractivity contribution >= 4 is 27.6 Å². The van der Waals surface area contributed by atoms with Crippen LogP contribution in [0.3, 0.4) is 0 Å². The van der Waals surface area contributed by atoms with Crippen LogP contribution in [0.2, 0.25) is 0 Å². The van der Waals surface area contributed by atoms with Crippen molar-refractivity contribution in [2.45, 2.75) is 7.43 Å². The molecule has 0 fully saturated rings. The first kappa shape index (κ1) is 20.5. The molecule has 124 valence electrons. The van der Waals surface area contributed by atoms with Gasteiger partial charge in [0.1, 0.15) is 11.3 Å². The molecule has 8 heteroatoms. The Hall–Kier alpha value is -2.48. The monoisotopic (exact) mass is 387 g/mol. The molecule has 0 aromatic heterocycles. The number of nitrogens with zero attached hydrogens (tertiary/aromatic N) is 1. The maximum Gasteiger partial charge on any atom is 0.341 e. The van der Waals surface area contributed by atoms with Gasteiger partial charge in [0.2, 0.25) is 5.82 Å². The normalized spacial score (nSPS) is 9.00. The second-order valence-electron chi connectivity index (χ2n) is 3.86. The molecule has 0 saturated carbocycles. The van der Waals surface area contributed by atoms with E-state index in [0.29, 0.717) is 0 Å². The van der Waals surface area contributed by atoms with Crippen LogP contribution in [-0.4, -0.2) is 23.1 Å². The van der Waals surface area contributed by atoms with Crippen LogP contribution < -0.4 is 0 Å². The molecule has 0 spiro atoms. The highest BCUT2D eigenvalue weighted by atomic mass is 79.9. The Morgan fingerprint density at radius 1 is 1.30 bits per heavy atom. The summed E-state index contributed by atoms with van der Waals surface area (Å²) in [5.74, 6) is -1.42. The molecular formula is C15H15BrFNO5. The van der Waals surface area contributed by atoms with Crippen molar-refractivity contribution in [1.82, 2.24) is 0 Å². The number of phenolic OH excluding ortho intramolecular Hbond substituents is 1. The first-order chi connectivity index (χ1) is 10.4. The van der Waals surface area contributed by atoms with Gasteiger partial charge in [-0.3, -0.25) is 10.1 Å². The fourth-order valence-corrected chi connectivity index (χ4v) is 1.74. The van der Waals surface area contributed by atoms with Crippen molar-refractivity contribution < 1.29 is 24.0 Å². The van der Waals surface area contributed by atoms with Crippen LogP contribution in [-0.2, 0) is 4.74 Å². The van der Waals surface area contributed by atoms with E-state index in [2.05, 4.69) is 20.7 Å². The fraction of sp³-hybridized carbons (Fsp3) is 0.133. The van der Waals surface area contributed by atoms with Crippen LogP contribution in [0.15, 0.2) is 46.9 Å². The maximum absolute atomic E-state index is 12.4. The molecule has 0 radical (unpaired) electrons. The highest BCUT2D eigenvalue weighted by Gasteiger charge is 2.11. The maximum atomic E-state index is 12.4. The number of phenols is 1. The van der Waals surface area contributed by atoms with Gasteiger partial charge in [-0.2, -0.15) is 4.39 Å². The average molecular weight is 388 g/mol. The number of carbonyl (C=O) groups is 1. The van der Waals surface area contributed by atoms with Gasteiger partial charge in [0.05, 0.1) is 12.0 Å². The molecule has 6 nitrogen and oxygen atoms in total. The molecule has 0 amide bonds. The molecule has 0 saturated heterocycles. The van der Waals surface area contributed by atoms with E-state index < -0.39 is 22.4 Å². The smallest absolute Gasteiger partial charge is 0.341 e. The number of benzene rings is 2. The molecule has 1 N–H and O–H groups in total. The summed E-state index contributed by atoms with van der Waals surface area (Å²) >= 11 is 3.17. The van der Waals surface area contributed by atoms with Crippen molar-refractivity contribution in [3.63, 3.8) is 0 Å². The van der Waals surface area contributed by atoms with Crippen LogP contribution in [0, 0.1) is 15.9 Å². The number of hydrogen-bond donors (Lipinski definition) is 1. The van der Waals surface area contributed by atoms with E-state index in [9.17, 15) is 24.4 Å². The van der Waals surface area contributed by atoms with E-state index in [1.807, 2.05) is 0 Å². The molecule has 0 heterocycles. The zero-order valence-corrected chi connectivity index (χ0v) is 12.9. The third kappa shape index (κ3) is 6.03. The summed E-state index contributed by atoms with van der Waals surface area (Å²) in [7, 11) is 1.27. The summed E-state index contributed by atoms with van der Waals surface area (Å²) in [4.78, 5) is 20.2. The Labute approximate surface area is 140 Å². The van der Waals surface area contributed by atoms with Gasteiger partial charge in [-0.05, 0) is 24.3 Å². The van der Waals surface area contributed by atoms with E-state index in [4.69, 9.17) is 0 Å². The second kappa shape index (κ2) is 9.52. The highest BCUT2D eigenvalue weighted by molar-refractivity contribution is 9.10. The van der Waals surface area contributed by atoms with Crippen LogP contribution in [0.5, 0.6) is 5.75 Å². The lowest BCUT2D eigenvalue weighted by molar-refractivity contribution is -0.387. The largest absolute Gasteiger partial charge is 0.507 e. The van der Waals surface area contributed by atoms with Gasteiger partial charge in [-0.15, -0.1) is 0 Å². The van der Waals surface area contributed by atoms with Gasteiger partial charge >= 0.3 is 11.7 Å². The van der Waals surface area contributed by atoms with Crippen LogP contribution in [0.1, 0.15) is 17.8 Å². The lowest BCUT2D eigenvalue weighted by atomic mass is 10.2. The number of para-hydroxylation sites is 1. The zero-order valence-electron chi connectivity index (χ0n) is 11.3. The summed E-state index contributed by atoms with van der Waals surface area (Å²) < 4.78 is 17.6. The molecule has 0 bridgehead atoms. The number of methoxy groups -OCH3 is 1. The molecule has 0 atom stereocenters. The molecule has 0 aliphatic carbocycles. The molecule has 0 aliphatic heterocycles. The number of rotatable bonds is 2. The predicted molar refractivity (Wildman–Crippen MR) is 86.9 cm³/mol. The van der Waals surface area contributed by atoms with E-state index in [0.717, 1.165) is 16.6 Å². The minimum absolute atomic E-state index is 0. The Balaban J connectivity index is 0.000000409. The first-order valence-electron chi connectivity index (χ1n) is 5.82. The topological polar surface area (TPSA) is 89.7 Å². The zero-order chi connectivity index (χ0) is 16.7. The summed E-state index contributed by atoms with van der Waals surface area (Å²) in [5.41, 5.74) is -0.325. The summed E-state index contributed by atoms with van der Waals surface area (Å²) in [6.07, 6.45) is 0. The van der Waals surface area contributed by atoms with E-state index in [-0.39, 0.29) is 18.7 Å². The first-order valence-corrected chi connectivity index (χ1v) is 6.62. The van der Waals surface area contributed by atoms with E-state index in [1.165, 1.54) is 31.4 Å². The molecule has 2 aromatic rings. The summed E-state index contributed by atoms with van der Waals surface area (Å²) in [6.45, 7) is 0. The SMILES string of the molecule is C.COC(=O)c1cc(Br)ccc1O.O=[N+]([O-])c1ccccc1F. The predicted octanol–water partition coefficient (Wildman–Crippen LogP) is 4.31. The Morgan fingerprint density at radius 2 is 1.91 bits per heavy atom. The van der Waals surface area contributed by atoms with Gasteiger partial charge in [-0.25, -0.2) is 4.79 Å². The summed E-state index contributed by atoms with van der Waals surface area (Å²) in [5, 5.41) is 19.2. The number of hydrogen-bond acceptors (Lipinski definition) is 5. The molecule has 0 aliphatic rings. The van der Waals surface area contributed by atoms with Gasteiger partial charge < -0.3 is 9.84 Å². The van der Waals surface area contributed by atoms with Crippen molar-refractivity contribution in [2.24, 2.45) is 0 Å². The number of ether oxygens (including phenoxy) is 1. The van der Waals surface area contributed by atoms with Crippen LogP contribution in [0.4, 0.5) is 10.1 Å². The lowest BCUT2D eigenvalue weighted by Crippen LogP contribution is -2.01. The summed E-state index contributed by atoms with van der Waals surface area (Å²) in [6, 6.07) is 9.57. The number of nitro benzene ring substituents is 1. The van der Waals surface area contributed by atoms with Crippen molar-refractivity contribution in [3.05, 3.63) is 68.4 Å². The van der Waals surface area contributed by atoms with Crippen molar-refractivity contribution in [3.8, 4) is 5.75 Å². The standard InChI is InChI=1S/C8H7BrO3.C6H4FNO2.CH4/c1-12-8(11)6-4-5(9)2-3-7(6)10;7-5-3-1-2-4-6(5)8(9)10;/h2-4,10H,1H3;1-4H;1H4. The molecular weight excluding hydrogens is 373 g/mol. The highest BCUT2D eigenvalue weighted by Crippen LogP contribution is 2.22. The van der Waals surface area contributed by atoms with Crippen LogP contribution >= 0.6 is 15.9 Å². The van der Waals surface area contributed by atoms with Gasteiger partial charge in [-0.1, -0.05) is 35.5 Å². The average Bonchev–Trinajstić information content (AvgIpc) is 2.49. The fourth-order valence-electron chi connectivity index (χ4n) is 1.38. The van der Waals surface area contributed by atoms with E-state index >= 15 is 0 Å².